The lowest BCUT2D eigenvalue weighted by molar-refractivity contribution is 0.0144. The third-order valence-corrected chi connectivity index (χ3v) is 4.57. The monoisotopic (exact) mass is 364 g/mol. The van der Waals surface area contributed by atoms with Gasteiger partial charge in [0.15, 0.2) is 0 Å². The van der Waals surface area contributed by atoms with Crippen molar-refractivity contribution >= 4 is 5.88 Å². The molecule has 3 heterocycles. The highest BCUT2D eigenvalue weighted by Crippen LogP contribution is 2.27. The molecule has 1 atom stereocenters. The minimum atomic E-state index is 0.0146. The van der Waals surface area contributed by atoms with Gasteiger partial charge in [-0.3, -0.25) is 4.90 Å². The molecule has 0 bridgehead atoms. The highest BCUT2D eigenvalue weighted by Gasteiger charge is 2.26. The molecule has 2 aromatic heterocycles. The van der Waals surface area contributed by atoms with Gasteiger partial charge in [0.1, 0.15) is 11.8 Å². The summed E-state index contributed by atoms with van der Waals surface area (Å²) in [5, 5.41) is 12.7. The first-order valence-electron chi connectivity index (χ1n) is 8.90. The molecule has 0 spiro atoms. The molecule has 1 fully saturated rings. The summed E-state index contributed by atoms with van der Waals surface area (Å²) in [6.07, 6.45) is 1.67. The number of nitrogens with zero attached hydrogens (tertiary/aromatic N) is 3. The summed E-state index contributed by atoms with van der Waals surface area (Å²) < 4.78 is 16.9. The van der Waals surface area contributed by atoms with Crippen molar-refractivity contribution in [3.8, 4) is 17.5 Å². The predicted octanol–water partition coefficient (Wildman–Crippen LogP) is 3.29. The molecule has 0 aliphatic carbocycles. The van der Waals surface area contributed by atoms with E-state index in [1.807, 2.05) is 42.5 Å². The zero-order chi connectivity index (χ0) is 18.5. The molecule has 0 unspecified atom stereocenters. The van der Waals surface area contributed by atoms with Crippen LogP contribution in [0.2, 0.25) is 0 Å². The molecular weight excluding hydrogens is 344 g/mol. The summed E-state index contributed by atoms with van der Waals surface area (Å²) in [7, 11) is 0. The number of nitriles is 1. The van der Waals surface area contributed by atoms with E-state index in [2.05, 4.69) is 21.3 Å². The molecule has 0 radical (unpaired) electrons. The number of ether oxygens (including phenoxy) is 1. The highest BCUT2D eigenvalue weighted by atomic mass is 16.5. The van der Waals surface area contributed by atoms with Gasteiger partial charge in [0.05, 0.1) is 25.5 Å². The van der Waals surface area contributed by atoms with E-state index in [-0.39, 0.29) is 11.7 Å². The van der Waals surface area contributed by atoms with Crippen LogP contribution in [0.15, 0.2) is 57.6 Å². The second-order valence-electron chi connectivity index (χ2n) is 6.24. The molecule has 4 rings (SSSR count). The molecule has 1 aliphatic heterocycles. The number of oxazole rings is 1. The smallest absolute Gasteiger partial charge is 0.232 e. The van der Waals surface area contributed by atoms with E-state index in [1.54, 1.807) is 6.26 Å². The minimum Gasteiger partial charge on any atom is -0.468 e. The van der Waals surface area contributed by atoms with Crippen molar-refractivity contribution in [2.75, 3.05) is 38.2 Å². The number of furan rings is 1. The highest BCUT2D eigenvalue weighted by molar-refractivity contribution is 5.58. The number of hydrogen-bond acceptors (Lipinski definition) is 7. The van der Waals surface area contributed by atoms with E-state index in [9.17, 15) is 5.26 Å². The predicted molar refractivity (Wildman–Crippen MR) is 99.0 cm³/mol. The molecule has 1 aliphatic rings. The third-order valence-electron chi connectivity index (χ3n) is 4.57. The molecule has 7 nitrogen and oxygen atoms in total. The number of aromatic nitrogens is 1. The fourth-order valence-corrected chi connectivity index (χ4v) is 3.19. The average molecular weight is 364 g/mol. The van der Waals surface area contributed by atoms with Crippen molar-refractivity contribution in [3.63, 3.8) is 0 Å². The van der Waals surface area contributed by atoms with Gasteiger partial charge < -0.3 is 18.9 Å². The number of morpholine rings is 1. The van der Waals surface area contributed by atoms with Crippen molar-refractivity contribution in [2.45, 2.75) is 6.04 Å². The maximum Gasteiger partial charge on any atom is 0.232 e. The maximum atomic E-state index is 9.42. The molecule has 138 valence electrons. The van der Waals surface area contributed by atoms with Crippen LogP contribution in [0.1, 0.15) is 17.5 Å². The van der Waals surface area contributed by atoms with Crippen molar-refractivity contribution in [2.24, 2.45) is 0 Å². The summed E-state index contributed by atoms with van der Waals surface area (Å²) in [6, 6.07) is 15.5. The van der Waals surface area contributed by atoms with Gasteiger partial charge in [-0.05, 0) is 24.3 Å². The molecule has 3 aromatic rings. The lowest BCUT2D eigenvalue weighted by Crippen LogP contribution is -2.41. The van der Waals surface area contributed by atoms with E-state index in [0.717, 1.165) is 24.4 Å². The van der Waals surface area contributed by atoms with Crippen LogP contribution in [-0.2, 0) is 4.74 Å². The van der Waals surface area contributed by atoms with Gasteiger partial charge in [-0.1, -0.05) is 18.2 Å². The van der Waals surface area contributed by atoms with Gasteiger partial charge in [-0.15, -0.1) is 0 Å². The standard InChI is InChI=1S/C20H20N4O3/c21-13-16-20(27-19(23-16)15-5-2-1-3-6-15)22-14-17(18-7-4-10-26-18)24-8-11-25-12-9-24/h1-7,10,17,22H,8-9,11-12,14H2/t17-/m0/s1. The van der Waals surface area contributed by atoms with Crippen LogP contribution in [0.4, 0.5) is 5.88 Å². The van der Waals surface area contributed by atoms with Crippen LogP contribution in [-0.4, -0.2) is 42.7 Å². The van der Waals surface area contributed by atoms with Crippen LogP contribution in [0.5, 0.6) is 0 Å². The van der Waals surface area contributed by atoms with E-state index in [1.165, 1.54) is 0 Å². The lowest BCUT2D eigenvalue weighted by Gasteiger charge is -2.33. The van der Waals surface area contributed by atoms with Crippen molar-refractivity contribution in [1.82, 2.24) is 9.88 Å². The zero-order valence-corrected chi connectivity index (χ0v) is 14.8. The quantitative estimate of drug-likeness (QED) is 0.718. The molecular formula is C20H20N4O3. The zero-order valence-electron chi connectivity index (χ0n) is 14.8. The first kappa shape index (κ1) is 17.3. The Hall–Kier alpha value is -3.08. The summed E-state index contributed by atoms with van der Waals surface area (Å²) in [6.45, 7) is 3.57. The number of benzene rings is 1. The number of hydrogen-bond donors (Lipinski definition) is 1. The van der Waals surface area contributed by atoms with E-state index in [4.69, 9.17) is 13.6 Å². The summed E-state index contributed by atoms with van der Waals surface area (Å²) in [4.78, 5) is 6.61. The van der Waals surface area contributed by atoms with E-state index < -0.39 is 0 Å². The lowest BCUT2D eigenvalue weighted by atomic mass is 10.1. The largest absolute Gasteiger partial charge is 0.468 e. The van der Waals surface area contributed by atoms with Gasteiger partial charge in [0, 0.05) is 25.2 Å². The Bertz CT molecular complexity index is 893. The number of rotatable bonds is 6. The molecule has 1 N–H and O–H groups in total. The Kier molecular flexibility index (Phi) is 5.19. The van der Waals surface area contributed by atoms with E-state index >= 15 is 0 Å². The summed E-state index contributed by atoms with van der Waals surface area (Å²) in [5.74, 6) is 1.67. The van der Waals surface area contributed by atoms with E-state index in [0.29, 0.717) is 31.5 Å². The second-order valence-corrected chi connectivity index (χ2v) is 6.24. The maximum absolute atomic E-state index is 9.42. The minimum absolute atomic E-state index is 0.0146. The molecule has 0 amide bonds. The van der Waals surface area contributed by atoms with Crippen LogP contribution in [0.3, 0.4) is 0 Å². The Morgan fingerprint density at radius 1 is 1.15 bits per heavy atom. The van der Waals surface area contributed by atoms with Gasteiger partial charge >= 0.3 is 0 Å². The fourth-order valence-electron chi connectivity index (χ4n) is 3.19. The summed E-state index contributed by atoms with van der Waals surface area (Å²) >= 11 is 0. The number of nitrogens with one attached hydrogen (secondary N) is 1. The van der Waals surface area contributed by atoms with Crippen LogP contribution >= 0.6 is 0 Å². The average Bonchev–Trinajstić information content (AvgIpc) is 3.40. The first-order valence-corrected chi connectivity index (χ1v) is 8.90. The first-order chi connectivity index (χ1) is 13.3. The molecule has 7 heteroatoms. The van der Waals surface area contributed by atoms with Gasteiger partial charge in [-0.25, -0.2) is 0 Å². The Labute approximate surface area is 157 Å². The van der Waals surface area contributed by atoms with Crippen molar-refractivity contribution in [3.05, 3.63) is 60.2 Å². The Morgan fingerprint density at radius 2 is 1.96 bits per heavy atom. The van der Waals surface area contributed by atoms with Crippen molar-refractivity contribution < 1.29 is 13.6 Å². The fraction of sp³-hybridized carbons (Fsp3) is 0.300. The summed E-state index contributed by atoms with van der Waals surface area (Å²) in [5.41, 5.74) is 1.08. The molecule has 1 aromatic carbocycles. The van der Waals surface area contributed by atoms with Gasteiger partial charge in [0.2, 0.25) is 17.5 Å². The Balaban J connectivity index is 1.54. The van der Waals surface area contributed by atoms with Crippen LogP contribution in [0, 0.1) is 11.3 Å². The van der Waals surface area contributed by atoms with Crippen LogP contribution in [0.25, 0.3) is 11.5 Å². The normalized spacial score (nSPS) is 16.0. The second kappa shape index (κ2) is 8.08. The van der Waals surface area contributed by atoms with Gasteiger partial charge in [0.25, 0.3) is 0 Å². The van der Waals surface area contributed by atoms with Crippen LogP contribution < -0.4 is 5.32 Å². The topological polar surface area (TPSA) is 87.5 Å². The van der Waals surface area contributed by atoms with Gasteiger partial charge in [-0.2, -0.15) is 10.2 Å². The Morgan fingerprint density at radius 3 is 2.67 bits per heavy atom. The third kappa shape index (κ3) is 3.87. The SMILES string of the molecule is N#Cc1nc(-c2ccccc2)oc1NC[C@@H](c1ccco1)N1CCOCC1. The number of anilines is 1. The van der Waals surface area contributed by atoms with Crippen molar-refractivity contribution in [1.29, 1.82) is 5.26 Å². The molecule has 27 heavy (non-hydrogen) atoms. The molecule has 0 saturated carbocycles. The molecule has 1 saturated heterocycles.